The molecule has 24 heavy (non-hydrogen) atoms. The molecule has 3 rings (SSSR count). The van der Waals surface area contributed by atoms with E-state index < -0.39 is 11.9 Å². The number of carbonyl (C=O) groups is 2. The summed E-state index contributed by atoms with van der Waals surface area (Å²) in [5, 5.41) is 2.84. The predicted molar refractivity (Wildman–Crippen MR) is 93.5 cm³/mol. The summed E-state index contributed by atoms with van der Waals surface area (Å²) in [4.78, 5) is 25.8. The van der Waals surface area contributed by atoms with Crippen molar-refractivity contribution in [1.82, 2.24) is 5.32 Å². The molecule has 5 heteroatoms. The third-order valence-corrected chi connectivity index (χ3v) is 4.27. The number of primary amides is 1. The first kappa shape index (κ1) is 16.1. The minimum absolute atomic E-state index is 0.112. The lowest BCUT2D eigenvalue weighted by Gasteiger charge is -2.29. The van der Waals surface area contributed by atoms with Gasteiger partial charge in [0.2, 0.25) is 11.8 Å². The van der Waals surface area contributed by atoms with E-state index >= 15 is 0 Å². The summed E-state index contributed by atoms with van der Waals surface area (Å²) in [6.45, 7) is 1.05. The summed E-state index contributed by atoms with van der Waals surface area (Å²) in [5.74, 6) is -0.530. The highest BCUT2D eigenvalue weighted by atomic mass is 16.2. The first-order chi connectivity index (χ1) is 11.7. The van der Waals surface area contributed by atoms with Crippen molar-refractivity contribution in [2.75, 3.05) is 18.0 Å². The Morgan fingerprint density at radius 2 is 1.79 bits per heavy atom. The summed E-state index contributed by atoms with van der Waals surface area (Å²) in [6, 6.07) is 17.5. The van der Waals surface area contributed by atoms with Gasteiger partial charge in [-0.1, -0.05) is 48.5 Å². The van der Waals surface area contributed by atoms with E-state index in [0.717, 1.165) is 24.2 Å². The average molecular weight is 323 g/mol. The Morgan fingerprint density at radius 3 is 2.54 bits per heavy atom. The van der Waals surface area contributed by atoms with Crippen LogP contribution in [-0.2, 0) is 16.0 Å². The van der Waals surface area contributed by atoms with Gasteiger partial charge in [-0.05, 0) is 23.6 Å². The molecule has 1 unspecified atom stereocenters. The van der Waals surface area contributed by atoms with Crippen LogP contribution in [0.15, 0.2) is 54.6 Å². The molecule has 0 saturated heterocycles. The highest BCUT2D eigenvalue weighted by molar-refractivity contribution is 5.88. The number of nitrogens with zero attached hydrogens (tertiary/aromatic N) is 1. The summed E-state index contributed by atoms with van der Waals surface area (Å²) < 4.78 is 0. The normalized spacial score (nSPS) is 14.1. The molecule has 1 atom stereocenters. The standard InChI is InChI=1S/C19H21N3O2/c20-17(23)10-12-21-19(24)18(15-7-2-1-3-8-15)22-13-11-14-6-4-5-9-16(14)22/h1-9,18H,10-13H2,(H2,20,23)(H,21,24). The second-order valence-corrected chi connectivity index (χ2v) is 5.89. The minimum Gasteiger partial charge on any atom is -0.370 e. The molecule has 124 valence electrons. The van der Waals surface area contributed by atoms with Crippen molar-refractivity contribution in [3.8, 4) is 0 Å². The van der Waals surface area contributed by atoms with Crippen LogP contribution in [0.2, 0.25) is 0 Å². The van der Waals surface area contributed by atoms with Crippen molar-refractivity contribution in [1.29, 1.82) is 0 Å². The lowest BCUT2D eigenvalue weighted by molar-refractivity contribution is -0.122. The number of benzene rings is 2. The summed E-state index contributed by atoms with van der Waals surface area (Å²) in [7, 11) is 0. The van der Waals surface area contributed by atoms with E-state index in [1.165, 1.54) is 5.56 Å². The molecule has 0 fully saturated rings. The van der Waals surface area contributed by atoms with E-state index in [1.807, 2.05) is 42.5 Å². The van der Waals surface area contributed by atoms with Crippen LogP contribution in [0.25, 0.3) is 0 Å². The largest absolute Gasteiger partial charge is 0.370 e. The molecule has 0 aliphatic carbocycles. The Labute approximate surface area is 141 Å². The van der Waals surface area contributed by atoms with Crippen LogP contribution in [0.1, 0.15) is 23.6 Å². The van der Waals surface area contributed by atoms with Crippen LogP contribution >= 0.6 is 0 Å². The van der Waals surface area contributed by atoms with Crippen LogP contribution in [-0.4, -0.2) is 24.9 Å². The fourth-order valence-electron chi connectivity index (χ4n) is 3.15. The second-order valence-electron chi connectivity index (χ2n) is 5.89. The summed E-state index contributed by atoms with van der Waals surface area (Å²) >= 11 is 0. The zero-order valence-electron chi connectivity index (χ0n) is 13.4. The fourth-order valence-corrected chi connectivity index (χ4v) is 3.15. The van der Waals surface area contributed by atoms with Crippen LogP contribution in [0, 0.1) is 0 Å². The molecular weight excluding hydrogens is 302 g/mol. The monoisotopic (exact) mass is 323 g/mol. The maximum Gasteiger partial charge on any atom is 0.247 e. The molecule has 2 aromatic carbocycles. The molecule has 1 aliphatic rings. The predicted octanol–water partition coefficient (Wildman–Crippen LogP) is 1.78. The molecule has 0 aromatic heterocycles. The first-order valence-electron chi connectivity index (χ1n) is 8.12. The smallest absolute Gasteiger partial charge is 0.247 e. The topological polar surface area (TPSA) is 75.4 Å². The quantitative estimate of drug-likeness (QED) is 0.851. The zero-order chi connectivity index (χ0) is 16.9. The van der Waals surface area contributed by atoms with Crippen LogP contribution in [0.4, 0.5) is 5.69 Å². The van der Waals surface area contributed by atoms with Crippen molar-refractivity contribution in [3.63, 3.8) is 0 Å². The number of hydrogen-bond acceptors (Lipinski definition) is 3. The number of rotatable bonds is 6. The molecule has 3 N–H and O–H groups in total. The van der Waals surface area contributed by atoms with Gasteiger partial charge >= 0.3 is 0 Å². The molecule has 5 nitrogen and oxygen atoms in total. The average Bonchev–Trinajstić information content (AvgIpc) is 3.00. The lowest BCUT2D eigenvalue weighted by Crippen LogP contribution is -2.41. The van der Waals surface area contributed by atoms with Crippen LogP contribution in [0.5, 0.6) is 0 Å². The molecule has 0 radical (unpaired) electrons. The van der Waals surface area contributed by atoms with Gasteiger partial charge in [0.1, 0.15) is 6.04 Å². The third kappa shape index (κ3) is 3.40. The van der Waals surface area contributed by atoms with Crippen molar-refractivity contribution >= 4 is 17.5 Å². The third-order valence-electron chi connectivity index (χ3n) is 4.27. The Hall–Kier alpha value is -2.82. The van der Waals surface area contributed by atoms with E-state index in [4.69, 9.17) is 5.73 Å². The number of amides is 2. The molecular formula is C19H21N3O2. The Balaban J connectivity index is 1.86. The lowest BCUT2D eigenvalue weighted by atomic mass is 10.0. The molecule has 0 bridgehead atoms. The Kier molecular flexibility index (Phi) is 4.79. The molecule has 2 amide bonds. The highest BCUT2D eigenvalue weighted by Crippen LogP contribution is 2.35. The SMILES string of the molecule is NC(=O)CCNC(=O)C(c1ccccc1)N1CCc2ccccc21. The minimum atomic E-state index is -0.418. The van der Waals surface area contributed by atoms with Gasteiger partial charge in [-0.2, -0.15) is 0 Å². The second kappa shape index (κ2) is 7.17. The molecule has 1 heterocycles. The first-order valence-corrected chi connectivity index (χ1v) is 8.12. The zero-order valence-corrected chi connectivity index (χ0v) is 13.4. The van der Waals surface area contributed by atoms with Gasteiger partial charge in [0.05, 0.1) is 0 Å². The van der Waals surface area contributed by atoms with Crippen LogP contribution in [0.3, 0.4) is 0 Å². The van der Waals surface area contributed by atoms with Crippen LogP contribution < -0.4 is 16.0 Å². The van der Waals surface area contributed by atoms with Crippen molar-refractivity contribution in [3.05, 3.63) is 65.7 Å². The fraction of sp³-hybridized carbons (Fsp3) is 0.263. The maximum absolute atomic E-state index is 12.8. The molecule has 1 aliphatic heterocycles. The van der Waals surface area contributed by atoms with Gasteiger partial charge in [0.25, 0.3) is 0 Å². The number of nitrogens with two attached hydrogens (primary N) is 1. The number of nitrogens with one attached hydrogen (secondary N) is 1. The molecule has 2 aromatic rings. The number of carbonyl (C=O) groups excluding carboxylic acids is 2. The van der Waals surface area contributed by atoms with Gasteiger partial charge in [-0.3, -0.25) is 9.59 Å². The van der Waals surface area contributed by atoms with Gasteiger partial charge in [-0.15, -0.1) is 0 Å². The van der Waals surface area contributed by atoms with Crippen molar-refractivity contribution in [2.45, 2.75) is 18.9 Å². The number of fused-ring (bicyclic) bond motifs is 1. The summed E-state index contributed by atoms with van der Waals surface area (Å²) in [5.41, 5.74) is 8.43. The van der Waals surface area contributed by atoms with Crippen molar-refractivity contribution < 1.29 is 9.59 Å². The molecule has 0 spiro atoms. The maximum atomic E-state index is 12.8. The number of hydrogen-bond donors (Lipinski definition) is 2. The van der Waals surface area contributed by atoms with Crippen molar-refractivity contribution in [2.24, 2.45) is 5.73 Å². The summed E-state index contributed by atoms with van der Waals surface area (Å²) in [6.07, 6.45) is 1.07. The van der Waals surface area contributed by atoms with E-state index in [-0.39, 0.29) is 18.9 Å². The number of para-hydroxylation sites is 1. The Bertz CT molecular complexity index is 730. The Morgan fingerprint density at radius 1 is 1.08 bits per heavy atom. The van der Waals surface area contributed by atoms with Gasteiger partial charge in [-0.25, -0.2) is 0 Å². The number of anilines is 1. The van der Waals surface area contributed by atoms with Gasteiger partial charge < -0.3 is 16.0 Å². The van der Waals surface area contributed by atoms with E-state index in [2.05, 4.69) is 22.3 Å². The highest BCUT2D eigenvalue weighted by Gasteiger charge is 2.31. The van der Waals surface area contributed by atoms with E-state index in [0.29, 0.717) is 0 Å². The van der Waals surface area contributed by atoms with Gasteiger partial charge in [0, 0.05) is 25.2 Å². The molecule has 0 saturated carbocycles. The van der Waals surface area contributed by atoms with E-state index in [9.17, 15) is 9.59 Å². The van der Waals surface area contributed by atoms with E-state index in [1.54, 1.807) is 0 Å². The van der Waals surface area contributed by atoms with Gasteiger partial charge in [0.15, 0.2) is 0 Å².